The van der Waals surface area contributed by atoms with Crippen molar-refractivity contribution >= 4 is 0 Å². The number of hydrogen-bond acceptors (Lipinski definition) is 2. The zero-order valence-electron chi connectivity index (χ0n) is 11.3. The van der Waals surface area contributed by atoms with Crippen molar-refractivity contribution in [3.05, 3.63) is 35.1 Å². The van der Waals surface area contributed by atoms with E-state index in [0.29, 0.717) is 6.42 Å². The number of halogens is 1. The molecule has 0 radical (unpaired) electrons. The molecule has 3 heteroatoms. The van der Waals surface area contributed by atoms with Gasteiger partial charge in [-0.1, -0.05) is 17.9 Å². The average Bonchev–Trinajstić information content (AvgIpc) is 3.16. The van der Waals surface area contributed by atoms with Gasteiger partial charge in [0.1, 0.15) is 5.82 Å². The van der Waals surface area contributed by atoms with E-state index in [1.54, 1.807) is 0 Å². The first-order chi connectivity index (χ1) is 9.19. The Kier molecular flexibility index (Phi) is 4.95. The van der Waals surface area contributed by atoms with Gasteiger partial charge in [0.25, 0.3) is 0 Å². The van der Waals surface area contributed by atoms with Gasteiger partial charge in [0, 0.05) is 25.1 Å². The van der Waals surface area contributed by atoms with Crippen LogP contribution in [0.3, 0.4) is 0 Å². The van der Waals surface area contributed by atoms with E-state index in [1.807, 2.05) is 6.07 Å². The van der Waals surface area contributed by atoms with Gasteiger partial charge >= 0.3 is 0 Å². The Morgan fingerprint density at radius 2 is 2.21 bits per heavy atom. The summed E-state index contributed by atoms with van der Waals surface area (Å²) in [5, 5.41) is 8.73. The normalized spacial score (nSPS) is 14.3. The Bertz CT molecular complexity index is 485. The summed E-state index contributed by atoms with van der Waals surface area (Å²) in [5.74, 6) is 6.39. The highest BCUT2D eigenvalue weighted by atomic mass is 19.1. The fraction of sp³-hybridized carbons (Fsp3) is 0.500. The molecule has 0 heterocycles. The second kappa shape index (κ2) is 6.70. The predicted molar refractivity (Wildman–Crippen MR) is 74.0 cm³/mol. The van der Waals surface area contributed by atoms with Gasteiger partial charge in [-0.2, -0.15) is 0 Å². The van der Waals surface area contributed by atoms with Crippen molar-refractivity contribution in [2.75, 3.05) is 20.2 Å². The average molecular weight is 261 g/mol. The molecule has 2 rings (SSSR count). The molecule has 19 heavy (non-hydrogen) atoms. The third-order valence-electron chi connectivity index (χ3n) is 3.24. The topological polar surface area (TPSA) is 23.5 Å². The Balaban J connectivity index is 2.07. The molecule has 1 aliphatic rings. The van der Waals surface area contributed by atoms with Gasteiger partial charge < -0.3 is 10.0 Å². The fourth-order valence-corrected chi connectivity index (χ4v) is 2.11. The largest absolute Gasteiger partial charge is 0.395 e. The number of hydrogen-bond donors (Lipinski definition) is 1. The number of nitrogens with zero attached hydrogens (tertiary/aromatic N) is 1. The van der Waals surface area contributed by atoms with Crippen LogP contribution in [0.4, 0.5) is 4.39 Å². The van der Waals surface area contributed by atoms with Crippen molar-refractivity contribution in [2.24, 2.45) is 5.92 Å². The Morgan fingerprint density at radius 1 is 1.42 bits per heavy atom. The SMILES string of the molecule is CN(Cc1ccc(F)cc1C#CCCO)CC1CC1. The van der Waals surface area contributed by atoms with Crippen LogP contribution in [0.1, 0.15) is 30.4 Å². The van der Waals surface area contributed by atoms with Crippen LogP contribution in [-0.4, -0.2) is 30.2 Å². The van der Waals surface area contributed by atoms with Crippen LogP contribution in [0.15, 0.2) is 18.2 Å². The van der Waals surface area contributed by atoms with Crippen molar-refractivity contribution in [1.82, 2.24) is 4.90 Å². The molecule has 1 saturated carbocycles. The minimum absolute atomic E-state index is 0.0409. The molecule has 1 fully saturated rings. The quantitative estimate of drug-likeness (QED) is 0.823. The second-order valence-corrected chi connectivity index (χ2v) is 5.22. The first-order valence-corrected chi connectivity index (χ1v) is 6.75. The van der Waals surface area contributed by atoms with Crippen LogP contribution >= 0.6 is 0 Å². The Morgan fingerprint density at radius 3 is 2.89 bits per heavy atom. The Labute approximate surface area is 114 Å². The summed E-state index contributed by atoms with van der Waals surface area (Å²) in [6, 6.07) is 4.77. The van der Waals surface area contributed by atoms with Gasteiger partial charge in [-0.05, 0) is 43.5 Å². The minimum Gasteiger partial charge on any atom is -0.395 e. The smallest absolute Gasteiger partial charge is 0.124 e. The lowest BCUT2D eigenvalue weighted by molar-refractivity contribution is 0.305. The predicted octanol–water partition coefficient (Wildman–Crippen LogP) is 2.40. The van der Waals surface area contributed by atoms with Gasteiger partial charge in [-0.3, -0.25) is 0 Å². The molecule has 0 aromatic heterocycles. The summed E-state index contributed by atoms with van der Waals surface area (Å²) in [5.41, 5.74) is 1.78. The standard InChI is InChI=1S/C16H20FNO/c1-18(11-13-5-6-13)12-15-7-8-16(17)10-14(15)4-2-3-9-19/h7-8,10,13,19H,3,5-6,9,11-12H2,1H3. The van der Waals surface area contributed by atoms with E-state index < -0.39 is 0 Å². The van der Waals surface area contributed by atoms with Gasteiger partial charge in [-0.15, -0.1) is 0 Å². The molecule has 102 valence electrons. The van der Waals surface area contributed by atoms with Crippen LogP contribution in [0.5, 0.6) is 0 Å². The van der Waals surface area contributed by atoms with Crippen LogP contribution in [0, 0.1) is 23.6 Å². The van der Waals surface area contributed by atoms with Crippen molar-refractivity contribution < 1.29 is 9.50 Å². The summed E-state index contributed by atoms with van der Waals surface area (Å²) < 4.78 is 13.3. The molecule has 0 spiro atoms. The first kappa shape index (κ1) is 14.0. The molecule has 0 unspecified atom stereocenters. The second-order valence-electron chi connectivity index (χ2n) is 5.22. The lowest BCUT2D eigenvalue weighted by Gasteiger charge is -2.17. The third-order valence-corrected chi connectivity index (χ3v) is 3.24. The lowest BCUT2D eigenvalue weighted by atomic mass is 10.1. The van der Waals surface area contributed by atoms with E-state index in [0.717, 1.165) is 30.1 Å². The molecule has 0 amide bonds. The third kappa shape index (κ3) is 4.66. The number of benzene rings is 1. The molecular weight excluding hydrogens is 241 g/mol. The Hall–Kier alpha value is -1.37. The van der Waals surface area contributed by atoms with Crippen LogP contribution < -0.4 is 0 Å². The molecule has 0 atom stereocenters. The van der Waals surface area contributed by atoms with E-state index in [2.05, 4.69) is 23.8 Å². The first-order valence-electron chi connectivity index (χ1n) is 6.75. The highest BCUT2D eigenvalue weighted by Crippen LogP contribution is 2.29. The number of rotatable bonds is 5. The van der Waals surface area contributed by atoms with E-state index in [1.165, 1.54) is 25.0 Å². The molecular formula is C16H20FNO. The van der Waals surface area contributed by atoms with Crippen LogP contribution in [0.2, 0.25) is 0 Å². The van der Waals surface area contributed by atoms with E-state index >= 15 is 0 Å². The van der Waals surface area contributed by atoms with Gasteiger partial charge in [-0.25, -0.2) is 4.39 Å². The summed E-state index contributed by atoms with van der Waals surface area (Å²) in [7, 11) is 2.09. The summed E-state index contributed by atoms with van der Waals surface area (Å²) in [6.07, 6.45) is 3.09. The van der Waals surface area contributed by atoms with E-state index in [9.17, 15) is 4.39 Å². The molecule has 2 nitrogen and oxygen atoms in total. The molecule has 0 saturated heterocycles. The maximum absolute atomic E-state index is 13.3. The van der Waals surface area contributed by atoms with E-state index in [4.69, 9.17) is 5.11 Å². The highest BCUT2D eigenvalue weighted by Gasteiger charge is 2.22. The van der Waals surface area contributed by atoms with Gasteiger partial charge in [0.15, 0.2) is 0 Å². The number of aliphatic hydroxyl groups excluding tert-OH is 1. The monoisotopic (exact) mass is 261 g/mol. The maximum Gasteiger partial charge on any atom is 0.124 e. The van der Waals surface area contributed by atoms with Crippen LogP contribution in [0.25, 0.3) is 0 Å². The van der Waals surface area contributed by atoms with Crippen molar-refractivity contribution in [3.63, 3.8) is 0 Å². The summed E-state index contributed by atoms with van der Waals surface area (Å²) >= 11 is 0. The fourth-order valence-electron chi connectivity index (χ4n) is 2.11. The molecule has 1 aromatic rings. The minimum atomic E-state index is -0.262. The molecule has 0 aliphatic heterocycles. The van der Waals surface area contributed by atoms with Crippen molar-refractivity contribution in [1.29, 1.82) is 0 Å². The van der Waals surface area contributed by atoms with Crippen molar-refractivity contribution in [2.45, 2.75) is 25.8 Å². The van der Waals surface area contributed by atoms with Crippen LogP contribution in [-0.2, 0) is 6.54 Å². The maximum atomic E-state index is 13.3. The van der Waals surface area contributed by atoms with E-state index in [-0.39, 0.29) is 12.4 Å². The summed E-state index contributed by atoms with van der Waals surface area (Å²) in [6.45, 7) is 1.93. The van der Waals surface area contributed by atoms with Gasteiger partial charge in [0.05, 0.1) is 6.61 Å². The highest BCUT2D eigenvalue weighted by molar-refractivity contribution is 5.41. The molecule has 0 bridgehead atoms. The molecule has 1 aromatic carbocycles. The lowest BCUT2D eigenvalue weighted by Crippen LogP contribution is -2.21. The number of aliphatic hydroxyl groups is 1. The molecule has 1 N–H and O–H groups in total. The molecule has 1 aliphatic carbocycles. The summed E-state index contributed by atoms with van der Waals surface area (Å²) in [4.78, 5) is 2.27. The van der Waals surface area contributed by atoms with Crippen molar-refractivity contribution in [3.8, 4) is 11.8 Å². The zero-order valence-corrected chi connectivity index (χ0v) is 11.3. The van der Waals surface area contributed by atoms with Gasteiger partial charge in [0.2, 0.25) is 0 Å². The zero-order chi connectivity index (χ0) is 13.7.